The first-order valence-electron chi connectivity index (χ1n) is 9.46. The van der Waals surface area contributed by atoms with E-state index in [9.17, 15) is 4.79 Å². The molecule has 0 bridgehead atoms. The fourth-order valence-electron chi connectivity index (χ4n) is 3.03. The number of nitrogens with zero attached hydrogens (tertiary/aromatic N) is 5. The summed E-state index contributed by atoms with van der Waals surface area (Å²) in [6.07, 6.45) is 5.33. The summed E-state index contributed by atoms with van der Waals surface area (Å²) < 4.78 is 0. The first-order chi connectivity index (χ1) is 14.2. The normalized spacial score (nSPS) is 14.4. The number of nitrogens with one attached hydrogen (secondary N) is 1. The van der Waals surface area contributed by atoms with Gasteiger partial charge in [-0.1, -0.05) is 12.1 Å². The second kappa shape index (κ2) is 8.83. The van der Waals surface area contributed by atoms with Crippen molar-refractivity contribution in [3.63, 3.8) is 0 Å². The monoisotopic (exact) mass is 406 g/mol. The lowest BCUT2D eigenvalue weighted by atomic mass is 10.3. The fraction of sp³-hybridized carbons (Fsp3) is 0.238. The summed E-state index contributed by atoms with van der Waals surface area (Å²) in [6.45, 7) is 4.81. The number of aryl methyl sites for hydroxylation is 1. The first kappa shape index (κ1) is 19.1. The van der Waals surface area contributed by atoms with Crippen molar-refractivity contribution >= 4 is 40.8 Å². The Morgan fingerprint density at radius 1 is 1.07 bits per heavy atom. The number of piperazine rings is 1. The Bertz CT molecular complexity index is 961. The summed E-state index contributed by atoms with van der Waals surface area (Å²) in [5.41, 5.74) is 1.11. The minimum atomic E-state index is 0.0503. The quantitative estimate of drug-likeness (QED) is 0.655. The van der Waals surface area contributed by atoms with Crippen LogP contribution in [0, 0.1) is 6.92 Å². The van der Waals surface area contributed by atoms with Crippen LogP contribution < -0.4 is 10.2 Å². The Balaban J connectivity index is 1.30. The van der Waals surface area contributed by atoms with Gasteiger partial charge in [0.2, 0.25) is 5.91 Å². The van der Waals surface area contributed by atoms with Gasteiger partial charge in [-0.05, 0) is 48.2 Å². The number of anilines is 3. The number of carbonyl (C=O) groups excluding carboxylic acids is 1. The molecule has 0 radical (unpaired) electrons. The molecule has 1 aliphatic rings. The number of pyridine rings is 1. The smallest absolute Gasteiger partial charge is 0.246 e. The third-order valence-electron chi connectivity index (χ3n) is 4.67. The maximum atomic E-state index is 12.4. The zero-order valence-electron chi connectivity index (χ0n) is 16.2. The number of carbonyl (C=O) groups is 1. The number of thiophene rings is 1. The molecule has 0 spiro atoms. The zero-order chi connectivity index (χ0) is 20.1. The highest BCUT2D eigenvalue weighted by Crippen LogP contribution is 2.17. The van der Waals surface area contributed by atoms with Gasteiger partial charge in [-0.25, -0.2) is 4.98 Å². The van der Waals surface area contributed by atoms with Gasteiger partial charge in [0.05, 0.1) is 0 Å². The van der Waals surface area contributed by atoms with E-state index in [-0.39, 0.29) is 5.91 Å². The number of hydrogen-bond donors (Lipinski definition) is 1. The Morgan fingerprint density at radius 3 is 2.55 bits per heavy atom. The van der Waals surface area contributed by atoms with Crippen LogP contribution >= 0.6 is 11.3 Å². The minimum absolute atomic E-state index is 0.0503. The van der Waals surface area contributed by atoms with Gasteiger partial charge < -0.3 is 15.1 Å². The largest absolute Gasteiger partial charge is 0.352 e. The topological polar surface area (TPSA) is 74.2 Å². The van der Waals surface area contributed by atoms with Crippen molar-refractivity contribution < 1.29 is 4.79 Å². The predicted octanol–water partition coefficient (Wildman–Crippen LogP) is 3.35. The van der Waals surface area contributed by atoms with E-state index < -0.39 is 0 Å². The van der Waals surface area contributed by atoms with Gasteiger partial charge in [0.1, 0.15) is 5.82 Å². The van der Waals surface area contributed by atoms with Crippen molar-refractivity contribution in [1.29, 1.82) is 0 Å². The van der Waals surface area contributed by atoms with Gasteiger partial charge in [0.15, 0.2) is 11.6 Å². The zero-order valence-corrected chi connectivity index (χ0v) is 17.0. The third-order valence-corrected chi connectivity index (χ3v) is 5.50. The number of hydrogen-bond acceptors (Lipinski definition) is 7. The highest BCUT2D eigenvalue weighted by Gasteiger charge is 2.20. The Morgan fingerprint density at radius 2 is 1.90 bits per heavy atom. The van der Waals surface area contributed by atoms with Crippen molar-refractivity contribution in [1.82, 2.24) is 20.1 Å². The molecule has 1 aliphatic heterocycles. The third kappa shape index (κ3) is 4.97. The molecular weight excluding hydrogens is 384 g/mol. The molecular formula is C21H22N6OS. The van der Waals surface area contributed by atoms with Gasteiger partial charge in [0.25, 0.3) is 0 Å². The first-order valence-corrected chi connectivity index (χ1v) is 10.3. The number of rotatable bonds is 5. The molecule has 1 saturated heterocycles. The molecule has 0 atom stereocenters. The molecule has 1 fully saturated rings. The van der Waals surface area contributed by atoms with Crippen LogP contribution in [0.5, 0.6) is 0 Å². The summed E-state index contributed by atoms with van der Waals surface area (Å²) in [7, 11) is 0. The lowest BCUT2D eigenvalue weighted by Gasteiger charge is -2.34. The Hall–Kier alpha value is -3.26. The Kier molecular flexibility index (Phi) is 5.81. The van der Waals surface area contributed by atoms with E-state index in [2.05, 4.69) is 25.4 Å². The van der Waals surface area contributed by atoms with Crippen LogP contribution in [0.4, 0.5) is 17.5 Å². The second-order valence-corrected chi connectivity index (χ2v) is 7.76. The molecule has 0 aliphatic carbocycles. The lowest BCUT2D eigenvalue weighted by molar-refractivity contribution is -0.126. The van der Waals surface area contributed by atoms with E-state index in [1.807, 2.05) is 59.7 Å². The highest BCUT2D eigenvalue weighted by molar-refractivity contribution is 7.10. The van der Waals surface area contributed by atoms with E-state index in [0.29, 0.717) is 18.9 Å². The van der Waals surface area contributed by atoms with Gasteiger partial charge in [-0.3, -0.25) is 4.79 Å². The van der Waals surface area contributed by atoms with Crippen LogP contribution in [0.25, 0.3) is 6.08 Å². The van der Waals surface area contributed by atoms with Crippen molar-refractivity contribution in [2.75, 3.05) is 36.4 Å². The van der Waals surface area contributed by atoms with Crippen LogP contribution in [0.15, 0.2) is 54.1 Å². The van der Waals surface area contributed by atoms with Crippen LogP contribution in [0.3, 0.4) is 0 Å². The van der Waals surface area contributed by atoms with Crippen molar-refractivity contribution in [2.45, 2.75) is 6.92 Å². The van der Waals surface area contributed by atoms with E-state index in [1.54, 1.807) is 23.6 Å². The minimum Gasteiger partial charge on any atom is -0.352 e. The van der Waals surface area contributed by atoms with Crippen molar-refractivity contribution in [2.24, 2.45) is 0 Å². The molecule has 1 N–H and O–H groups in total. The molecule has 3 aromatic rings. The highest BCUT2D eigenvalue weighted by atomic mass is 32.1. The van der Waals surface area contributed by atoms with Crippen LogP contribution in [-0.2, 0) is 4.79 Å². The summed E-state index contributed by atoms with van der Waals surface area (Å²) in [5, 5.41) is 13.7. The number of amides is 1. The molecule has 4 rings (SSSR count). The average molecular weight is 407 g/mol. The molecule has 7 nitrogen and oxygen atoms in total. The molecule has 0 aromatic carbocycles. The molecule has 1 amide bonds. The molecule has 4 heterocycles. The number of aromatic nitrogens is 3. The van der Waals surface area contributed by atoms with Crippen LogP contribution in [0.1, 0.15) is 10.4 Å². The second-order valence-electron chi connectivity index (χ2n) is 6.78. The van der Waals surface area contributed by atoms with Gasteiger partial charge in [-0.2, -0.15) is 0 Å². The van der Waals surface area contributed by atoms with E-state index in [4.69, 9.17) is 0 Å². The molecule has 148 valence electrons. The standard InChI is InChI=1S/C21H22N6OS/c1-16-4-6-18(22-15-16)23-19-7-8-20(25-24-19)26-10-12-27(13-11-26)21(28)9-5-17-3-2-14-29-17/h2-9,14-15H,10-13H2,1H3,(H,22,23,24)/b9-5+. The molecule has 3 aromatic heterocycles. The molecule has 0 unspecified atom stereocenters. The average Bonchev–Trinajstić information content (AvgIpc) is 3.28. The van der Waals surface area contributed by atoms with Crippen molar-refractivity contribution in [3.05, 3.63) is 64.5 Å². The van der Waals surface area contributed by atoms with Gasteiger partial charge in [0, 0.05) is 43.3 Å². The van der Waals surface area contributed by atoms with E-state index in [1.165, 1.54) is 0 Å². The van der Waals surface area contributed by atoms with Crippen LogP contribution in [0.2, 0.25) is 0 Å². The lowest BCUT2D eigenvalue weighted by Crippen LogP contribution is -2.48. The van der Waals surface area contributed by atoms with Gasteiger partial charge in [-0.15, -0.1) is 21.5 Å². The summed E-state index contributed by atoms with van der Waals surface area (Å²) in [6, 6.07) is 11.7. The fourth-order valence-corrected chi connectivity index (χ4v) is 3.65. The van der Waals surface area contributed by atoms with Crippen LogP contribution in [-0.4, -0.2) is 52.2 Å². The maximum absolute atomic E-state index is 12.4. The molecule has 8 heteroatoms. The maximum Gasteiger partial charge on any atom is 0.246 e. The summed E-state index contributed by atoms with van der Waals surface area (Å²) in [5.74, 6) is 2.25. The summed E-state index contributed by atoms with van der Waals surface area (Å²) >= 11 is 1.62. The van der Waals surface area contributed by atoms with Crippen molar-refractivity contribution in [3.8, 4) is 0 Å². The molecule has 29 heavy (non-hydrogen) atoms. The SMILES string of the molecule is Cc1ccc(Nc2ccc(N3CCN(C(=O)/C=C/c4cccs4)CC3)nn2)nc1. The molecule has 0 saturated carbocycles. The summed E-state index contributed by atoms with van der Waals surface area (Å²) in [4.78, 5) is 21.8. The van der Waals surface area contributed by atoms with Gasteiger partial charge >= 0.3 is 0 Å². The predicted molar refractivity (Wildman–Crippen MR) is 116 cm³/mol. The Labute approximate surface area is 173 Å². The van der Waals surface area contributed by atoms with E-state index >= 15 is 0 Å². The van der Waals surface area contributed by atoms with E-state index in [0.717, 1.165) is 35.2 Å².